The molecule has 1 aromatic heterocycles. The molecule has 2 heterocycles. The topological polar surface area (TPSA) is 48.1 Å². The average molecular weight is 406 g/mol. The van der Waals surface area contributed by atoms with Gasteiger partial charge in [0, 0.05) is 17.1 Å². The Morgan fingerprint density at radius 3 is 2.87 bits per heavy atom. The van der Waals surface area contributed by atoms with Gasteiger partial charge in [-0.05, 0) is 93.4 Å². The third kappa shape index (κ3) is 3.41. The van der Waals surface area contributed by atoms with Crippen LogP contribution in [0.1, 0.15) is 53.2 Å². The van der Waals surface area contributed by atoms with Gasteiger partial charge < -0.3 is 15.2 Å². The van der Waals surface area contributed by atoms with E-state index >= 15 is 0 Å². The number of nitrogens with zero attached hydrogens (tertiary/aromatic N) is 1. The Bertz CT molecular complexity index is 1070. The number of hydrogen-bond acceptors (Lipinski definition) is 2. The first kappa shape index (κ1) is 19.3. The third-order valence-corrected chi connectivity index (χ3v) is 7.17. The number of nitrogens with one attached hydrogen (secondary N) is 2. The van der Waals surface area contributed by atoms with Crippen molar-refractivity contribution in [3.8, 4) is 0 Å². The molecule has 4 nitrogen and oxygen atoms in total. The number of aromatic amines is 1. The number of H-pyrrole nitrogens is 1. The fraction of sp³-hybridized carbons (Fsp3) is 0.400. The SMILES string of the molecule is Cc1ccc(F)c2cc(C(=O)Nc3cccc(C4CCC5C(CCN5C)C4)c3)[nH]c12. The summed E-state index contributed by atoms with van der Waals surface area (Å²) in [7, 11) is 2.25. The van der Waals surface area contributed by atoms with E-state index in [1.54, 1.807) is 12.1 Å². The molecule has 5 rings (SSSR count). The minimum atomic E-state index is -0.318. The summed E-state index contributed by atoms with van der Waals surface area (Å²) < 4.78 is 14.1. The standard InChI is InChI=1S/C25H28FN3O/c1-15-6-8-21(26)20-14-22(28-24(15)20)25(30)27-19-5-3-4-16(13-19)17-7-9-23-18(12-17)10-11-29(23)2/h3-6,8,13-14,17-18,23,28H,7,9-12H2,1-2H3,(H,27,30). The second-order valence-electron chi connectivity index (χ2n) is 9.02. The Hall–Kier alpha value is -2.66. The molecule has 1 amide bonds. The lowest BCUT2D eigenvalue weighted by atomic mass is 9.75. The molecule has 3 unspecified atom stereocenters. The van der Waals surface area contributed by atoms with Gasteiger partial charge in [-0.25, -0.2) is 4.39 Å². The summed E-state index contributed by atoms with van der Waals surface area (Å²) in [5.74, 6) is 0.778. The van der Waals surface area contributed by atoms with Gasteiger partial charge in [-0.2, -0.15) is 0 Å². The zero-order chi connectivity index (χ0) is 20.8. The molecule has 0 bridgehead atoms. The summed E-state index contributed by atoms with van der Waals surface area (Å²) in [4.78, 5) is 18.4. The normalized spacial score (nSPS) is 24.2. The monoisotopic (exact) mass is 405 g/mol. The first-order chi connectivity index (χ1) is 14.5. The molecular formula is C25H28FN3O. The van der Waals surface area contributed by atoms with Crippen molar-refractivity contribution in [1.82, 2.24) is 9.88 Å². The molecule has 3 aromatic rings. The summed E-state index contributed by atoms with van der Waals surface area (Å²) >= 11 is 0. The van der Waals surface area contributed by atoms with Crippen LogP contribution in [0.5, 0.6) is 0 Å². The van der Waals surface area contributed by atoms with Gasteiger partial charge in [0.2, 0.25) is 0 Å². The molecule has 1 saturated heterocycles. The van der Waals surface area contributed by atoms with E-state index in [1.165, 1.54) is 43.9 Å². The molecule has 1 aliphatic carbocycles. The van der Waals surface area contributed by atoms with E-state index in [1.807, 2.05) is 19.1 Å². The number of carbonyl (C=O) groups is 1. The highest BCUT2D eigenvalue weighted by Crippen LogP contribution is 2.42. The van der Waals surface area contributed by atoms with Crippen molar-refractivity contribution in [2.45, 2.75) is 44.6 Å². The molecule has 1 saturated carbocycles. The number of likely N-dealkylation sites (tertiary alicyclic amines) is 1. The van der Waals surface area contributed by atoms with Crippen LogP contribution in [0.3, 0.4) is 0 Å². The molecule has 0 spiro atoms. The smallest absolute Gasteiger partial charge is 0.272 e. The molecule has 2 N–H and O–H groups in total. The largest absolute Gasteiger partial charge is 0.350 e. The number of amides is 1. The van der Waals surface area contributed by atoms with Gasteiger partial charge in [0.05, 0.1) is 5.52 Å². The molecule has 2 aliphatic rings. The van der Waals surface area contributed by atoms with E-state index < -0.39 is 0 Å². The van der Waals surface area contributed by atoms with Crippen molar-refractivity contribution >= 4 is 22.5 Å². The van der Waals surface area contributed by atoms with Crippen molar-refractivity contribution < 1.29 is 9.18 Å². The maximum absolute atomic E-state index is 14.1. The van der Waals surface area contributed by atoms with Crippen LogP contribution in [0.25, 0.3) is 10.9 Å². The first-order valence-electron chi connectivity index (χ1n) is 10.9. The summed E-state index contributed by atoms with van der Waals surface area (Å²) in [6, 6.07) is 13.7. The lowest BCUT2D eigenvalue weighted by molar-refractivity contribution is 0.102. The number of rotatable bonds is 3. The van der Waals surface area contributed by atoms with Gasteiger partial charge in [-0.15, -0.1) is 0 Å². The van der Waals surface area contributed by atoms with Crippen molar-refractivity contribution in [3.05, 3.63) is 65.1 Å². The molecule has 30 heavy (non-hydrogen) atoms. The van der Waals surface area contributed by atoms with Crippen LogP contribution in [0.15, 0.2) is 42.5 Å². The van der Waals surface area contributed by atoms with Gasteiger partial charge in [0.15, 0.2) is 0 Å². The Kier molecular flexibility index (Phi) is 4.86. The Morgan fingerprint density at radius 1 is 1.17 bits per heavy atom. The second-order valence-corrected chi connectivity index (χ2v) is 9.02. The summed E-state index contributed by atoms with van der Waals surface area (Å²) in [5, 5.41) is 3.44. The van der Waals surface area contributed by atoms with Gasteiger partial charge in [0.25, 0.3) is 5.91 Å². The van der Waals surface area contributed by atoms with E-state index in [2.05, 4.69) is 34.4 Å². The van der Waals surface area contributed by atoms with Gasteiger partial charge >= 0.3 is 0 Å². The third-order valence-electron chi connectivity index (χ3n) is 7.17. The first-order valence-corrected chi connectivity index (χ1v) is 10.9. The van der Waals surface area contributed by atoms with E-state index in [0.29, 0.717) is 22.5 Å². The van der Waals surface area contributed by atoms with Crippen molar-refractivity contribution in [2.75, 3.05) is 18.9 Å². The highest BCUT2D eigenvalue weighted by molar-refractivity contribution is 6.06. The molecule has 3 atom stereocenters. The van der Waals surface area contributed by atoms with E-state index in [0.717, 1.165) is 23.2 Å². The fourth-order valence-corrected chi connectivity index (χ4v) is 5.49. The van der Waals surface area contributed by atoms with Crippen LogP contribution in [0, 0.1) is 18.7 Å². The molecule has 156 valence electrons. The molecule has 5 heteroatoms. The van der Waals surface area contributed by atoms with Crippen molar-refractivity contribution in [1.29, 1.82) is 0 Å². The highest BCUT2D eigenvalue weighted by Gasteiger charge is 2.37. The van der Waals surface area contributed by atoms with E-state index in [9.17, 15) is 9.18 Å². The van der Waals surface area contributed by atoms with Crippen molar-refractivity contribution in [3.63, 3.8) is 0 Å². The number of halogens is 1. The fourth-order valence-electron chi connectivity index (χ4n) is 5.49. The zero-order valence-electron chi connectivity index (χ0n) is 17.5. The number of fused-ring (bicyclic) bond motifs is 2. The number of anilines is 1. The molecular weight excluding hydrogens is 377 g/mol. The average Bonchev–Trinajstić information content (AvgIpc) is 3.36. The highest BCUT2D eigenvalue weighted by atomic mass is 19.1. The van der Waals surface area contributed by atoms with Crippen molar-refractivity contribution in [2.24, 2.45) is 5.92 Å². The van der Waals surface area contributed by atoms with Crippen LogP contribution >= 0.6 is 0 Å². The number of carbonyl (C=O) groups excluding carboxylic acids is 1. The Labute approximate surface area is 176 Å². The van der Waals surface area contributed by atoms with Crippen LogP contribution in [0.2, 0.25) is 0 Å². The molecule has 2 fully saturated rings. The van der Waals surface area contributed by atoms with Gasteiger partial charge in [0.1, 0.15) is 11.5 Å². The van der Waals surface area contributed by atoms with E-state index in [-0.39, 0.29) is 11.7 Å². The van der Waals surface area contributed by atoms with Crippen LogP contribution in [0.4, 0.5) is 10.1 Å². The predicted octanol–water partition coefficient (Wildman–Crippen LogP) is 5.46. The number of hydrogen-bond donors (Lipinski definition) is 2. The van der Waals surface area contributed by atoms with Crippen LogP contribution in [-0.2, 0) is 0 Å². The summed E-state index contributed by atoms with van der Waals surface area (Å²) in [6.07, 6.45) is 4.98. The maximum Gasteiger partial charge on any atom is 0.272 e. The quantitative estimate of drug-likeness (QED) is 0.608. The minimum Gasteiger partial charge on any atom is -0.350 e. The summed E-state index contributed by atoms with van der Waals surface area (Å²) in [6.45, 7) is 3.11. The molecule has 2 aromatic carbocycles. The van der Waals surface area contributed by atoms with Gasteiger partial charge in [-0.3, -0.25) is 4.79 Å². The molecule has 1 aliphatic heterocycles. The van der Waals surface area contributed by atoms with Crippen LogP contribution in [-0.4, -0.2) is 35.4 Å². The van der Waals surface area contributed by atoms with Gasteiger partial charge in [-0.1, -0.05) is 18.2 Å². The maximum atomic E-state index is 14.1. The summed E-state index contributed by atoms with van der Waals surface area (Å²) in [5.41, 5.74) is 4.06. The predicted molar refractivity (Wildman–Crippen MR) is 119 cm³/mol. The number of aryl methyl sites for hydroxylation is 1. The number of aromatic nitrogens is 1. The number of benzene rings is 2. The zero-order valence-corrected chi connectivity index (χ0v) is 17.5. The Morgan fingerprint density at radius 2 is 2.03 bits per heavy atom. The Balaban J connectivity index is 1.33. The van der Waals surface area contributed by atoms with E-state index in [4.69, 9.17) is 0 Å². The minimum absolute atomic E-state index is 0.247. The van der Waals surface area contributed by atoms with Crippen LogP contribution < -0.4 is 5.32 Å². The lowest BCUT2D eigenvalue weighted by Gasteiger charge is -2.34. The molecule has 0 radical (unpaired) electrons. The lowest BCUT2D eigenvalue weighted by Crippen LogP contribution is -2.33. The second kappa shape index (κ2) is 7.55.